The second kappa shape index (κ2) is 6.68. The first-order valence-electron chi connectivity index (χ1n) is 6.27. The standard InChI is InChI=1S/C11H24N2O3S/c1-4-16-11-6-5-7-13(9-11)17(14,15)10(2)8-12-3/h10-12H,4-9H2,1-3H3. The highest BCUT2D eigenvalue weighted by molar-refractivity contribution is 7.89. The van der Waals surface area contributed by atoms with Gasteiger partial charge >= 0.3 is 0 Å². The number of rotatable bonds is 6. The predicted octanol–water partition coefficient (Wildman–Crippen LogP) is 0.425. The van der Waals surface area contributed by atoms with Crippen molar-refractivity contribution < 1.29 is 13.2 Å². The van der Waals surface area contributed by atoms with E-state index < -0.39 is 10.0 Å². The molecule has 1 N–H and O–H groups in total. The average Bonchev–Trinajstić information content (AvgIpc) is 2.30. The lowest BCUT2D eigenvalue weighted by Gasteiger charge is -2.33. The predicted molar refractivity (Wildman–Crippen MR) is 68.5 cm³/mol. The van der Waals surface area contributed by atoms with Crippen LogP contribution in [0.25, 0.3) is 0 Å². The minimum atomic E-state index is -3.18. The quantitative estimate of drug-likeness (QED) is 0.755. The van der Waals surface area contributed by atoms with Crippen molar-refractivity contribution in [2.45, 2.75) is 38.0 Å². The van der Waals surface area contributed by atoms with Crippen molar-refractivity contribution in [1.82, 2.24) is 9.62 Å². The second-order valence-corrected chi connectivity index (χ2v) is 6.84. The van der Waals surface area contributed by atoms with Crippen molar-refractivity contribution in [3.05, 3.63) is 0 Å². The third kappa shape index (κ3) is 3.91. The van der Waals surface area contributed by atoms with Gasteiger partial charge < -0.3 is 10.1 Å². The van der Waals surface area contributed by atoms with E-state index in [1.165, 1.54) is 0 Å². The first-order valence-corrected chi connectivity index (χ1v) is 7.77. The third-order valence-electron chi connectivity index (χ3n) is 3.10. The molecule has 0 amide bonds. The van der Waals surface area contributed by atoms with Crippen LogP contribution in [-0.2, 0) is 14.8 Å². The molecule has 1 aliphatic rings. The lowest BCUT2D eigenvalue weighted by Crippen LogP contribution is -2.48. The first-order chi connectivity index (χ1) is 8.02. The average molecular weight is 264 g/mol. The van der Waals surface area contributed by atoms with Gasteiger partial charge in [0, 0.05) is 26.2 Å². The van der Waals surface area contributed by atoms with Crippen molar-refractivity contribution in [3.8, 4) is 0 Å². The van der Waals surface area contributed by atoms with Gasteiger partial charge in [0.2, 0.25) is 10.0 Å². The summed E-state index contributed by atoms with van der Waals surface area (Å²) in [5.41, 5.74) is 0. The minimum absolute atomic E-state index is 0.0605. The SMILES string of the molecule is CCOC1CCCN(S(=O)(=O)C(C)CNC)C1. The van der Waals surface area contributed by atoms with Gasteiger partial charge in [0.05, 0.1) is 11.4 Å². The second-order valence-electron chi connectivity index (χ2n) is 4.49. The largest absolute Gasteiger partial charge is 0.377 e. The molecule has 0 aromatic heterocycles. The van der Waals surface area contributed by atoms with E-state index in [2.05, 4.69) is 5.32 Å². The molecule has 0 radical (unpaired) electrons. The summed E-state index contributed by atoms with van der Waals surface area (Å²) < 4.78 is 31.6. The van der Waals surface area contributed by atoms with Crippen molar-refractivity contribution >= 4 is 10.0 Å². The zero-order valence-corrected chi connectivity index (χ0v) is 11.8. The van der Waals surface area contributed by atoms with Crippen LogP contribution in [0.4, 0.5) is 0 Å². The van der Waals surface area contributed by atoms with Crippen LogP contribution in [0.1, 0.15) is 26.7 Å². The normalized spacial score (nSPS) is 24.8. The summed E-state index contributed by atoms with van der Waals surface area (Å²) in [5.74, 6) is 0. The summed E-state index contributed by atoms with van der Waals surface area (Å²) in [6.07, 6.45) is 1.90. The first kappa shape index (κ1) is 14.9. The molecule has 6 heteroatoms. The maximum Gasteiger partial charge on any atom is 0.218 e. The molecule has 2 unspecified atom stereocenters. The maximum absolute atomic E-state index is 12.3. The molecule has 0 aromatic carbocycles. The van der Waals surface area contributed by atoms with E-state index in [0.717, 1.165) is 12.8 Å². The minimum Gasteiger partial charge on any atom is -0.377 e. The van der Waals surface area contributed by atoms with Gasteiger partial charge in [-0.15, -0.1) is 0 Å². The number of sulfonamides is 1. The topological polar surface area (TPSA) is 58.6 Å². The Morgan fingerprint density at radius 2 is 2.24 bits per heavy atom. The molecule has 0 spiro atoms. The maximum atomic E-state index is 12.3. The molecule has 1 rings (SSSR count). The van der Waals surface area contributed by atoms with Gasteiger partial charge in [-0.3, -0.25) is 0 Å². The Hall–Kier alpha value is -0.170. The molecule has 5 nitrogen and oxygen atoms in total. The van der Waals surface area contributed by atoms with E-state index in [1.54, 1.807) is 18.3 Å². The van der Waals surface area contributed by atoms with Crippen molar-refractivity contribution in [2.24, 2.45) is 0 Å². The van der Waals surface area contributed by atoms with Gasteiger partial charge in [0.15, 0.2) is 0 Å². The van der Waals surface area contributed by atoms with Crippen LogP contribution in [0.2, 0.25) is 0 Å². The number of nitrogens with zero attached hydrogens (tertiary/aromatic N) is 1. The summed E-state index contributed by atoms with van der Waals surface area (Å²) in [7, 11) is -1.42. The monoisotopic (exact) mass is 264 g/mol. The van der Waals surface area contributed by atoms with Gasteiger partial charge in [-0.1, -0.05) is 0 Å². The van der Waals surface area contributed by atoms with Crippen LogP contribution in [0.3, 0.4) is 0 Å². The lowest BCUT2D eigenvalue weighted by atomic mass is 10.1. The summed E-state index contributed by atoms with van der Waals surface area (Å²) >= 11 is 0. The molecule has 1 fully saturated rings. The number of ether oxygens (including phenoxy) is 1. The van der Waals surface area contributed by atoms with Crippen molar-refractivity contribution in [1.29, 1.82) is 0 Å². The Balaban J connectivity index is 2.64. The molecule has 17 heavy (non-hydrogen) atoms. The number of nitrogens with one attached hydrogen (secondary N) is 1. The fourth-order valence-electron chi connectivity index (χ4n) is 2.16. The molecule has 102 valence electrons. The Labute approximate surface area is 105 Å². The number of piperidine rings is 1. The number of hydrogen-bond acceptors (Lipinski definition) is 4. The smallest absolute Gasteiger partial charge is 0.218 e. The Bertz CT molecular complexity index is 317. The van der Waals surface area contributed by atoms with Crippen molar-refractivity contribution in [2.75, 3.05) is 33.3 Å². The van der Waals surface area contributed by atoms with E-state index in [0.29, 0.717) is 26.2 Å². The van der Waals surface area contributed by atoms with E-state index in [-0.39, 0.29) is 11.4 Å². The Kier molecular flexibility index (Phi) is 5.85. The van der Waals surface area contributed by atoms with Crippen molar-refractivity contribution in [3.63, 3.8) is 0 Å². The molecule has 0 saturated carbocycles. The van der Waals surface area contributed by atoms with E-state index in [9.17, 15) is 8.42 Å². The zero-order chi connectivity index (χ0) is 12.9. The summed E-state index contributed by atoms with van der Waals surface area (Å²) in [4.78, 5) is 0. The highest BCUT2D eigenvalue weighted by atomic mass is 32.2. The summed E-state index contributed by atoms with van der Waals surface area (Å²) in [6.45, 7) is 5.94. The number of hydrogen-bond donors (Lipinski definition) is 1. The molecule has 0 bridgehead atoms. The molecule has 1 heterocycles. The van der Waals surface area contributed by atoms with Gasteiger partial charge in [0.1, 0.15) is 0 Å². The fourth-order valence-corrected chi connectivity index (χ4v) is 3.80. The van der Waals surface area contributed by atoms with E-state index >= 15 is 0 Å². The third-order valence-corrected chi connectivity index (χ3v) is 5.34. The van der Waals surface area contributed by atoms with Crippen LogP contribution in [-0.4, -0.2) is 57.4 Å². The van der Waals surface area contributed by atoms with E-state index in [1.807, 2.05) is 6.92 Å². The summed E-state index contributed by atoms with van der Waals surface area (Å²) in [6, 6.07) is 0. The molecular formula is C11H24N2O3S. The molecule has 1 saturated heterocycles. The van der Waals surface area contributed by atoms with Gasteiger partial charge in [0.25, 0.3) is 0 Å². The van der Waals surface area contributed by atoms with Crippen LogP contribution in [0.15, 0.2) is 0 Å². The Morgan fingerprint density at radius 1 is 1.53 bits per heavy atom. The molecular weight excluding hydrogens is 240 g/mol. The molecule has 1 aliphatic heterocycles. The van der Waals surface area contributed by atoms with Gasteiger partial charge in [-0.25, -0.2) is 8.42 Å². The van der Waals surface area contributed by atoms with Crippen LogP contribution >= 0.6 is 0 Å². The lowest BCUT2D eigenvalue weighted by molar-refractivity contribution is 0.0263. The van der Waals surface area contributed by atoms with Crippen LogP contribution in [0.5, 0.6) is 0 Å². The van der Waals surface area contributed by atoms with E-state index in [4.69, 9.17) is 4.74 Å². The highest BCUT2D eigenvalue weighted by Crippen LogP contribution is 2.18. The van der Waals surface area contributed by atoms with Gasteiger partial charge in [-0.2, -0.15) is 4.31 Å². The zero-order valence-electron chi connectivity index (χ0n) is 11.0. The fraction of sp³-hybridized carbons (Fsp3) is 1.00. The Morgan fingerprint density at radius 3 is 2.82 bits per heavy atom. The summed E-state index contributed by atoms with van der Waals surface area (Å²) in [5, 5.41) is 2.53. The van der Waals surface area contributed by atoms with Gasteiger partial charge in [-0.05, 0) is 33.7 Å². The highest BCUT2D eigenvalue weighted by Gasteiger charge is 2.32. The van der Waals surface area contributed by atoms with Crippen LogP contribution < -0.4 is 5.32 Å². The van der Waals surface area contributed by atoms with Crippen LogP contribution in [0, 0.1) is 0 Å². The molecule has 2 atom stereocenters. The molecule has 0 aliphatic carbocycles. The molecule has 0 aromatic rings.